The maximum absolute atomic E-state index is 13.1. The van der Waals surface area contributed by atoms with Crippen LogP contribution < -0.4 is 0 Å². The van der Waals surface area contributed by atoms with Gasteiger partial charge < -0.3 is 4.90 Å². The van der Waals surface area contributed by atoms with E-state index in [2.05, 4.69) is 0 Å². The smallest absolute Gasteiger partial charge is 0.243 e. The van der Waals surface area contributed by atoms with E-state index in [1.54, 1.807) is 17.0 Å². The van der Waals surface area contributed by atoms with Crippen LogP contribution in [0.4, 0.5) is 0 Å². The fourth-order valence-corrected chi connectivity index (χ4v) is 4.30. The Hall–Kier alpha value is -1.89. The summed E-state index contributed by atoms with van der Waals surface area (Å²) in [5.74, 6) is -0.225. The molecule has 7 heteroatoms. The van der Waals surface area contributed by atoms with E-state index in [-0.39, 0.29) is 23.9 Å². The minimum Gasteiger partial charge on any atom is -0.342 e. The number of carbonyl (C=O) groups is 1. The molecule has 0 radical (unpaired) electrons. The summed E-state index contributed by atoms with van der Waals surface area (Å²) in [6.07, 6.45) is 0. The van der Waals surface area contributed by atoms with Gasteiger partial charge in [0, 0.05) is 24.7 Å². The fraction of sp³-hybridized carbons (Fsp3) is 0.316. The molecule has 0 fully saturated rings. The molecule has 0 aliphatic carbocycles. The molecule has 0 atom stereocenters. The Labute approximate surface area is 160 Å². The van der Waals surface area contributed by atoms with Gasteiger partial charge in [0.25, 0.3) is 0 Å². The number of likely N-dealkylation sites (N-methyl/N-ethyl adjacent to an activating group) is 1. The number of carbonyl (C=O) groups excluding carboxylic acids is 1. The largest absolute Gasteiger partial charge is 0.342 e. The minimum absolute atomic E-state index is 0.0771. The molecular weight excluding hydrogens is 372 g/mol. The summed E-state index contributed by atoms with van der Waals surface area (Å²) in [6, 6.07) is 15.3. The van der Waals surface area contributed by atoms with Gasteiger partial charge in [-0.1, -0.05) is 48.0 Å². The number of benzene rings is 2. The van der Waals surface area contributed by atoms with E-state index < -0.39 is 10.0 Å². The van der Waals surface area contributed by atoms with Gasteiger partial charge in [0.15, 0.2) is 0 Å². The topological polar surface area (TPSA) is 57.7 Å². The lowest BCUT2D eigenvalue weighted by molar-refractivity contribution is -0.131. The van der Waals surface area contributed by atoms with Crippen LogP contribution in [0.5, 0.6) is 0 Å². The molecule has 5 nitrogen and oxygen atoms in total. The van der Waals surface area contributed by atoms with Crippen LogP contribution in [-0.2, 0) is 21.4 Å². The molecule has 0 heterocycles. The van der Waals surface area contributed by atoms with Crippen molar-refractivity contribution in [3.05, 3.63) is 65.2 Å². The maximum atomic E-state index is 13.1. The van der Waals surface area contributed by atoms with Crippen molar-refractivity contribution in [1.82, 2.24) is 9.21 Å². The van der Waals surface area contributed by atoms with Crippen LogP contribution in [0.1, 0.15) is 19.4 Å². The van der Waals surface area contributed by atoms with Crippen molar-refractivity contribution in [2.75, 3.05) is 19.6 Å². The number of hydrogen-bond donors (Lipinski definition) is 0. The third kappa shape index (κ3) is 5.06. The van der Waals surface area contributed by atoms with Crippen molar-refractivity contribution in [2.45, 2.75) is 25.3 Å². The first-order chi connectivity index (χ1) is 12.4. The van der Waals surface area contributed by atoms with Crippen molar-refractivity contribution in [3.8, 4) is 0 Å². The highest BCUT2D eigenvalue weighted by Gasteiger charge is 2.28. The second-order valence-electron chi connectivity index (χ2n) is 5.78. The van der Waals surface area contributed by atoms with Gasteiger partial charge in [-0.25, -0.2) is 8.42 Å². The third-order valence-electron chi connectivity index (χ3n) is 4.06. The van der Waals surface area contributed by atoms with E-state index >= 15 is 0 Å². The number of sulfonamides is 1. The molecule has 2 aromatic carbocycles. The van der Waals surface area contributed by atoms with Crippen LogP contribution in [0.25, 0.3) is 0 Å². The Morgan fingerprint density at radius 2 is 1.65 bits per heavy atom. The first kappa shape index (κ1) is 20.4. The van der Waals surface area contributed by atoms with Crippen LogP contribution in [-0.4, -0.2) is 43.2 Å². The molecule has 0 bridgehead atoms. The van der Waals surface area contributed by atoms with Crippen LogP contribution in [0, 0.1) is 0 Å². The standard InChI is InChI=1S/C19H23ClN2O3S/c1-3-21(4-2)19(23)15-22(14-16-9-6-5-7-10-16)26(24,25)18-12-8-11-17(20)13-18/h5-13H,3-4,14-15H2,1-2H3. The summed E-state index contributed by atoms with van der Waals surface area (Å²) in [4.78, 5) is 14.2. The highest BCUT2D eigenvalue weighted by molar-refractivity contribution is 7.89. The molecule has 1 amide bonds. The summed E-state index contributed by atoms with van der Waals surface area (Å²) in [6.45, 7) is 4.70. The molecule has 0 aromatic heterocycles. The Balaban J connectivity index is 2.37. The molecule has 0 aliphatic rings. The predicted molar refractivity (Wildman–Crippen MR) is 103 cm³/mol. The molecule has 2 rings (SSSR count). The third-order valence-corrected chi connectivity index (χ3v) is 6.09. The van der Waals surface area contributed by atoms with E-state index in [0.29, 0.717) is 18.1 Å². The lowest BCUT2D eigenvalue weighted by Crippen LogP contribution is -2.42. The van der Waals surface area contributed by atoms with E-state index in [4.69, 9.17) is 11.6 Å². The first-order valence-electron chi connectivity index (χ1n) is 8.46. The zero-order chi connectivity index (χ0) is 19.2. The normalized spacial score (nSPS) is 11.5. The lowest BCUT2D eigenvalue weighted by atomic mass is 10.2. The average molecular weight is 395 g/mol. The monoisotopic (exact) mass is 394 g/mol. The van der Waals surface area contributed by atoms with Crippen molar-refractivity contribution in [1.29, 1.82) is 0 Å². The van der Waals surface area contributed by atoms with E-state index in [0.717, 1.165) is 5.56 Å². The second kappa shape index (κ2) is 9.16. The highest BCUT2D eigenvalue weighted by atomic mass is 35.5. The zero-order valence-electron chi connectivity index (χ0n) is 14.9. The zero-order valence-corrected chi connectivity index (χ0v) is 16.5. The van der Waals surface area contributed by atoms with Gasteiger partial charge >= 0.3 is 0 Å². The van der Waals surface area contributed by atoms with Gasteiger partial charge in [-0.3, -0.25) is 4.79 Å². The van der Waals surface area contributed by atoms with Gasteiger partial charge in [0.2, 0.25) is 15.9 Å². The minimum atomic E-state index is -3.87. The fourth-order valence-electron chi connectivity index (χ4n) is 2.62. The van der Waals surface area contributed by atoms with Crippen LogP contribution in [0.3, 0.4) is 0 Å². The second-order valence-corrected chi connectivity index (χ2v) is 8.16. The Morgan fingerprint density at radius 3 is 2.23 bits per heavy atom. The lowest BCUT2D eigenvalue weighted by Gasteiger charge is -2.26. The molecular formula is C19H23ClN2O3S. The van der Waals surface area contributed by atoms with Gasteiger partial charge in [-0.15, -0.1) is 0 Å². The van der Waals surface area contributed by atoms with Gasteiger partial charge in [-0.2, -0.15) is 4.31 Å². The highest BCUT2D eigenvalue weighted by Crippen LogP contribution is 2.21. The van der Waals surface area contributed by atoms with Crippen molar-refractivity contribution >= 4 is 27.5 Å². The molecule has 26 heavy (non-hydrogen) atoms. The van der Waals surface area contributed by atoms with E-state index in [1.165, 1.54) is 16.4 Å². The molecule has 0 N–H and O–H groups in total. The first-order valence-corrected chi connectivity index (χ1v) is 10.3. The number of halogens is 1. The van der Waals surface area contributed by atoms with Crippen molar-refractivity contribution in [2.24, 2.45) is 0 Å². The summed E-state index contributed by atoms with van der Waals surface area (Å²) >= 11 is 5.96. The number of hydrogen-bond acceptors (Lipinski definition) is 3. The maximum Gasteiger partial charge on any atom is 0.243 e. The van der Waals surface area contributed by atoms with Crippen molar-refractivity contribution in [3.63, 3.8) is 0 Å². The Bertz CT molecular complexity index is 837. The van der Waals surface area contributed by atoms with E-state index in [1.807, 2.05) is 44.2 Å². The average Bonchev–Trinajstić information content (AvgIpc) is 2.63. The van der Waals surface area contributed by atoms with Gasteiger partial charge in [0.1, 0.15) is 0 Å². The summed E-state index contributed by atoms with van der Waals surface area (Å²) in [5, 5.41) is 0.334. The van der Waals surface area contributed by atoms with Gasteiger partial charge in [0.05, 0.1) is 11.4 Å². The Morgan fingerprint density at radius 1 is 1.00 bits per heavy atom. The van der Waals surface area contributed by atoms with Gasteiger partial charge in [-0.05, 0) is 37.6 Å². The number of nitrogens with zero attached hydrogens (tertiary/aromatic N) is 2. The summed E-state index contributed by atoms with van der Waals surface area (Å²) < 4.78 is 27.4. The molecule has 0 saturated heterocycles. The number of rotatable bonds is 8. The van der Waals surface area contributed by atoms with Crippen molar-refractivity contribution < 1.29 is 13.2 Å². The molecule has 0 saturated carbocycles. The quantitative estimate of drug-likeness (QED) is 0.689. The molecule has 0 spiro atoms. The SMILES string of the molecule is CCN(CC)C(=O)CN(Cc1ccccc1)S(=O)(=O)c1cccc(Cl)c1. The summed E-state index contributed by atoms with van der Waals surface area (Å²) in [5.41, 5.74) is 0.811. The molecule has 140 valence electrons. The summed E-state index contributed by atoms with van der Waals surface area (Å²) in [7, 11) is -3.87. The molecule has 0 aliphatic heterocycles. The number of amides is 1. The molecule has 0 unspecified atom stereocenters. The Kier molecular flexibility index (Phi) is 7.20. The molecule has 2 aromatic rings. The van der Waals surface area contributed by atoms with E-state index in [9.17, 15) is 13.2 Å². The van der Waals surface area contributed by atoms with Crippen LogP contribution in [0.15, 0.2) is 59.5 Å². The van der Waals surface area contributed by atoms with Crippen LogP contribution in [0.2, 0.25) is 5.02 Å². The predicted octanol–water partition coefficient (Wildman–Crippen LogP) is 3.40. The van der Waals surface area contributed by atoms with Crippen LogP contribution >= 0.6 is 11.6 Å².